The summed E-state index contributed by atoms with van der Waals surface area (Å²) in [6.45, 7) is 2.82. The quantitative estimate of drug-likeness (QED) is 0.562. The fourth-order valence-corrected chi connectivity index (χ4v) is 2.74. The molecule has 0 bridgehead atoms. The number of rotatable bonds is 8. The number of amides is 1. The van der Waals surface area contributed by atoms with Crippen molar-refractivity contribution in [1.29, 1.82) is 0 Å². The standard InChI is InChI=1S/C17H19ClN2O3S/c1-3-24-15-8-7-12(11-19-15)17(21)20-14-6-4-5-13(18)16(14)23-10-9-22-2/h4-8,11H,3,9-10H2,1-2H3,(H,20,21). The molecular formula is C17H19ClN2O3S. The van der Waals surface area contributed by atoms with E-state index >= 15 is 0 Å². The van der Waals surface area contributed by atoms with Crippen molar-refractivity contribution in [1.82, 2.24) is 4.98 Å². The second-order valence-electron chi connectivity index (χ2n) is 4.73. The molecule has 1 heterocycles. The summed E-state index contributed by atoms with van der Waals surface area (Å²) in [5, 5.41) is 4.13. The molecule has 2 aromatic rings. The summed E-state index contributed by atoms with van der Waals surface area (Å²) in [5.41, 5.74) is 0.980. The first-order valence-electron chi connectivity index (χ1n) is 7.46. The lowest BCUT2D eigenvalue weighted by Crippen LogP contribution is -2.14. The number of pyridine rings is 1. The number of halogens is 1. The minimum Gasteiger partial charge on any atom is -0.487 e. The maximum Gasteiger partial charge on any atom is 0.257 e. The van der Waals surface area contributed by atoms with E-state index in [0.717, 1.165) is 10.8 Å². The first-order valence-corrected chi connectivity index (χ1v) is 8.82. The van der Waals surface area contributed by atoms with E-state index in [9.17, 15) is 4.79 Å². The Bertz CT molecular complexity index is 680. The minimum absolute atomic E-state index is 0.269. The molecule has 128 valence electrons. The summed E-state index contributed by atoms with van der Waals surface area (Å²) in [6.07, 6.45) is 1.56. The summed E-state index contributed by atoms with van der Waals surface area (Å²) in [7, 11) is 1.59. The average Bonchev–Trinajstić information content (AvgIpc) is 2.58. The van der Waals surface area contributed by atoms with Crippen molar-refractivity contribution in [2.24, 2.45) is 0 Å². The zero-order chi connectivity index (χ0) is 17.4. The number of thioether (sulfide) groups is 1. The summed E-state index contributed by atoms with van der Waals surface area (Å²) >= 11 is 7.78. The molecule has 0 aliphatic heterocycles. The smallest absolute Gasteiger partial charge is 0.257 e. The molecule has 0 aliphatic carbocycles. The van der Waals surface area contributed by atoms with Crippen LogP contribution in [0.2, 0.25) is 5.02 Å². The second kappa shape index (κ2) is 9.52. The molecule has 1 amide bonds. The lowest BCUT2D eigenvalue weighted by atomic mass is 10.2. The molecule has 0 fully saturated rings. The van der Waals surface area contributed by atoms with Crippen LogP contribution in [0.4, 0.5) is 5.69 Å². The van der Waals surface area contributed by atoms with Gasteiger partial charge in [0, 0.05) is 13.3 Å². The van der Waals surface area contributed by atoms with Gasteiger partial charge in [0.05, 0.1) is 27.9 Å². The van der Waals surface area contributed by atoms with Crippen molar-refractivity contribution in [2.75, 3.05) is 31.4 Å². The molecular weight excluding hydrogens is 348 g/mol. The summed E-state index contributed by atoms with van der Waals surface area (Å²) < 4.78 is 10.6. The van der Waals surface area contributed by atoms with Crippen LogP contribution in [0.3, 0.4) is 0 Å². The molecule has 0 saturated heterocycles. The van der Waals surface area contributed by atoms with Crippen molar-refractivity contribution in [2.45, 2.75) is 11.9 Å². The van der Waals surface area contributed by atoms with Gasteiger partial charge in [0.2, 0.25) is 0 Å². The van der Waals surface area contributed by atoms with Crippen LogP contribution in [0.1, 0.15) is 17.3 Å². The second-order valence-corrected chi connectivity index (χ2v) is 6.42. The van der Waals surface area contributed by atoms with E-state index in [1.165, 1.54) is 0 Å². The number of para-hydroxylation sites is 1. The number of aromatic nitrogens is 1. The van der Waals surface area contributed by atoms with Gasteiger partial charge in [0.25, 0.3) is 5.91 Å². The van der Waals surface area contributed by atoms with Crippen molar-refractivity contribution in [3.63, 3.8) is 0 Å². The third kappa shape index (κ3) is 5.12. The van der Waals surface area contributed by atoms with E-state index in [2.05, 4.69) is 17.2 Å². The first-order chi connectivity index (χ1) is 11.7. The Kier molecular flexibility index (Phi) is 7.36. The molecule has 1 N–H and O–H groups in total. The van der Waals surface area contributed by atoms with Gasteiger partial charge in [-0.25, -0.2) is 4.98 Å². The zero-order valence-corrected chi connectivity index (χ0v) is 15.1. The van der Waals surface area contributed by atoms with Gasteiger partial charge in [-0.15, -0.1) is 11.8 Å². The van der Waals surface area contributed by atoms with Gasteiger partial charge in [-0.1, -0.05) is 24.6 Å². The summed E-state index contributed by atoms with van der Waals surface area (Å²) in [4.78, 5) is 16.7. The molecule has 0 unspecified atom stereocenters. The predicted octanol–water partition coefficient (Wildman–Crippen LogP) is 4.12. The monoisotopic (exact) mass is 366 g/mol. The molecule has 0 radical (unpaired) electrons. The van der Waals surface area contributed by atoms with Crippen LogP contribution in [0.25, 0.3) is 0 Å². The number of nitrogens with zero attached hydrogens (tertiary/aromatic N) is 1. The molecule has 1 aromatic carbocycles. The number of nitrogens with one attached hydrogen (secondary N) is 1. The molecule has 24 heavy (non-hydrogen) atoms. The number of hydrogen-bond donors (Lipinski definition) is 1. The Hall–Kier alpha value is -1.76. The number of carbonyl (C=O) groups is 1. The highest BCUT2D eigenvalue weighted by molar-refractivity contribution is 7.99. The first kappa shape index (κ1) is 18.6. The third-order valence-electron chi connectivity index (χ3n) is 3.04. The number of anilines is 1. The van der Waals surface area contributed by atoms with E-state index < -0.39 is 0 Å². The van der Waals surface area contributed by atoms with Crippen molar-refractivity contribution in [3.05, 3.63) is 47.1 Å². The normalized spacial score (nSPS) is 10.5. The van der Waals surface area contributed by atoms with Crippen LogP contribution in [-0.4, -0.2) is 37.0 Å². The molecule has 0 saturated carbocycles. The summed E-state index contributed by atoms with van der Waals surface area (Å²) in [5.74, 6) is 1.09. The zero-order valence-electron chi connectivity index (χ0n) is 13.5. The van der Waals surface area contributed by atoms with E-state index in [0.29, 0.717) is 35.2 Å². The largest absolute Gasteiger partial charge is 0.487 e. The van der Waals surface area contributed by atoms with E-state index in [4.69, 9.17) is 21.1 Å². The number of ether oxygens (including phenoxy) is 2. The maximum atomic E-state index is 12.4. The number of hydrogen-bond acceptors (Lipinski definition) is 5. The van der Waals surface area contributed by atoms with Gasteiger partial charge in [-0.3, -0.25) is 4.79 Å². The molecule has 0 atom stereocenters. The van der Waals surface area contributed by atoms with Gasteiger partial charge >= 0.3 is 0 Å². The Morgan fingerprint density at radius 2 is 2.12 bits per heavy atom. The summed E-state index contributed by atoms with van der Waals surface area (Å²) in [6, 6.07) is 8.77. The molecule has 0 spiro atoms. The lowest BCUT2D eigenvalue weighted by Gasteiger charge is -2.14. The van der Waals surface area contributed by atoms with Crippen molar-refractivity contribution < 1.29 is 14.3 Å². The van der Waals surface area contributed by atoms with Crippen LogP contribution < -0.4 is 10.1 Å². The van der Waals surface area contributed by atoms with Gasteiger partial charge in [-0.05, 0) is 30.0 Å². The van der Waals surface area contributed by atoms with Crippen LogP contribution in [0, 0.1) is 0 Å². The van der Waals surface area contributed by atoms with Gasteiger partial charge in [0.1, 0.15) is 6.61 Å². The highest BCUT2D eigenvalue weighted by Crippen LogP contribution is 2.33. The third-order valence-corrected chi connectivity index (χ3v) is 4.16. The van der Waals surface area contributed by atoms with E-state index in [1.807, 2.05) is 6.07 Å². The van der Waals surface area contributed by atoms with Crippen molar-refractivity contribution >= 4 is 35.0 Å². The fraction of sp³-hybridized carbons (Fsp3) is 0.294. The maximum absolute atomic E-state index is 12.4. The van der Waals surface area contributed by atoms with Crippen molar-refractivity contribution in [3.8, 4) is 5.75 Å². The predicted molar refractivity (Wildman–Crippen MR) is 97.4 cm³/mol. The van der Waals surface area contributed by atoms with Gasteiger partial charge < -0.3 is 14.8 Å². The average molecular weight is 367 g/mol. The number of benzene rings is 1. The van der Waals surface area contributed by atoms with Crippen LogP contribution in [-0.2, 0) is 4.74 Å². The molecule has 1 aromatic heterocycles. The fourth-order valence-electron chi connectivity index (χ4n) is 1.92. The van der Waals surface area contributed by atoms with Gasteiger partial charge in [0.15, 0.2) is 5.75 Å². The van der Waals surface area contributed by atoms with E-state index in [1.54, 1.807) is 49.3 Å². The topological polar surface area (TPSA) is 60.5 Å². The molecule has 2 rings (SSSR count). The Balaban J connectivity index is 2.11. The van der Waals surface area contributed by atoms with E-state index in [-0.39, 0.29) is 5.91 Å². The Morgan fingerprint density at radius 3 is 2.79 bits per heavy atom. The highest BCUT2D eigenvalue weighted by atomic mass is 35.5. The molecule has 0 aliphatic rings. The highest BCUT2D eigenvalue weighted by Gasteiger charge is 2.13. The molecule has 5 nitrogen and oxygen atoms in total. The molecule has 7 heteroatoms. The minimum atomic E-state index is -0.269. The van der Waals surface area contributed by atoms with Gasteiger partial charge in [-0.2, -0.15) is 0 Å². The lowest BCUT2D eigenvalue weighted by molar-refractivity contribution is 0.102. The Morgan fingerprint density at radius 1 is 1.29 bits per heavy atom. The Labute approximate surface area is 150 Å². The number of carbonyl (C=O) groups excluding carboxylic acids is 1. The van der Waals surface area contributed by atoms with Crippen LogP contribution >= 0.6 is 23.4 Å². The number of methoxy groups -OCH3 is 1. The van der Waals surface area contributed by atoms with Crippen LogP contribution in [0.5, 0.6) is 5.75 Å². The SMILES string of the molecule is CCSc1ccc(C(=O)Nc2cccc(Cl)c2OCCOC)cn1. The van der Waals surface area contributed by atoms with Crippen LogP contribution in [0.15, 0.2) is 41.6 Å².